The zero-order valence-electron chi connectivity index (χ0n) is 6.93. The molecule has 2 rings (SSSR count). The van der Waals surface area contributed by atoms with Crippen LogP contribution in [0.2, 0.25) is 0 Å². The van der Waals surface area contributed by atoms with Gasteiger partial charge < -0.3 is 0 Å². The number of carbonyl (C=O) groups excluding carboxylic acids is 1. The number of carbonyl (C=O) groups is 1. The van der Waals surface area contributed by atoms with Crippen LogP contribution >= 0.6 is 34.9 Å². The molecule has 0 spiro atoms. The molecule has 1 unspecified atom stereocenters. The van der Waals surface area contributed by atoms with Crippen molar-refractivity contribution in [3.63, 3.8) is 0 Å². The number of rotatable bonds is 2. The summed E-state index contributed by atoms with van der Waals surface area (Å²) in [5.41, 5.74) is 0. The van der Waals surface area contributed by atoms with Crippen LogP contribution in [0.1, 0.15) is 19.9 Å². The van der Waals surface area contributed by atoms with E-state index in [2.05, 4.69) is 4.98 Å². The Bertz CT molecular complexity index is 293. The lowest BCUT2D eigenvalue weighted by Gasteiger charge is -2.18. The summed E-state index contributed by atoms with van der Waals surface area (Å²) >= 11 is 5.45. The van der Waals surface area contributed by atoms with E-state index >= 15 is 0 Å². The summed E-state index contributed by atoms with van der Waals surface area (Å²) in [7, 11) is 0. The summed E-state index contributed by atoms with van der Waals surface area (Å²) in [6.07, 6.45) is 2.55. The predicted molar refractivity (Wildman–Crippen MR) is 60.0 cm³/mol. The van der Waals surface area contributed by atoms with Crippen LogP contribution in [0.3, 0.4) is 0 Å². The molecule has 1 saturated heterocycles. The van der Waals surface area contributed by atoms with Crippen LogP contribution in [0.5, 0.6) is 0 Å². The molecule has 1 aliphatic heterocycles. The Hall–Kier alpha value is -0.0000000000000000833. The number of aldehydes is 1. The van der Waals surface area contributed by atoms with E-state index in [9.17, 15) is 4.79 Å². The minimum Gasteiger partial charge on any atom is -0.297 e. The molecular formula is C8H9NOS3. The second-order valence-electron chi connectivity index (χ2n) is 2.65. The van der Waals surface area contributed by atoms with Crippen molar-refractivity contribution in [2.45, 2.75) is 5.25 Å². The van der Waals surface area contributed by atoms with Crippen LogP contribution in [0.15, 0.2) is 6.20 Å². The highest BCUT2D eigenvalue weighted by atomic mass is 32.2. The maximum atomic E-state index is 10.5. The third-order valence-electron chi connectivity index (χ3n) is 1.75. The van der Waals surface area contributed by atoms with Crippen molar-refractivity contribution in [2.24, 2.45) is 0 Å². The Morgan fingerprint density at radius 3 is 3.08 bits per heavy atom. The number of thioether (sulfide) groups is 2. The zero-order chi connectivity index (χ0) is 9.10. The topological polar surface area (TPSA) is 30.0 Å². The van der Waals surface area contributed by atoms with Gasteiger partial charge in [-0.05, 0) is 0 Å². The minimum atomic E-state index is 0.512. The Labute approximate surface area is 89.5 Å². The molecule has 0 aromatic carbocycles. The standard InChI is InChI=1S/C8H9NOS3/c10-4-6-3-9-8(13-6)7-5-11-1-2-12-7/h3-4,7H,1-2,5H2. The predicted octanol–water partition coefficient (Wildman–Crippen LogP) is 2.48. The van der Waals surface area contributed by atoms with E-state index < -0.39 is 0 Å². The molecule has 2 nitrogen and oxygen atoms in total. The monoisotopic (exact) mass is 231 g/mol. The van der Waals surface area contributed by atoms with Crippen LogP contribution in [0, 0.1) is 0 Å². The van der Waals surface area contributed by atoms with Gasteiger partial charge >= 0.3 is 0 Å². The summed E-state index contributed by atoms with van der Waals surface area (Å²) < 4.78 is 0. The highest BCUT2D eigenvalue weighted by Crippen LogP contribution is 2.38. The molecule has 70 valence electrons. The van der Waals surface area contributed by atoms with Crippen molar-refractivity contribution in [1.82, 2.24) is 4.98 Å². The van der Waals surface area contributed by atoms with E-state index in [0.29, 0.717) is 5.25 Å². The first-order chi connectivity index (χ1) is 6.40. The molecule has 0 amide bonds. The van der Waals surface area contributed by atoms with Gasteiger partial charge in [0.2, 0.25) is 0 Å². The Kier molecular flexibility index (Phi) is 3.29. The molecule has 0 bridgehead atoms. The molecule has 1 aliphatic rings. The molecule has 0 N–H and O–H groups in total. The number of hydrogen-bond acceptors (Lipinski definition) is 5. The maximum Gasteiger partial charge on any atom is 0.161 e. The normalized spacial score (nSPS) is 22.9. The van der Waals surface area contributed by atoms with Crippen molar-refractivity contribution in [1.29, 1.82) is 0 Å². The molecule has 13 heavy (non-hydrogen) atoms. The van der Waals surface area contributed by atoms with E-state index in [1.165, 1.54) is 22.8 Å². The van der Waals surface area contributed by atoms with Crippen molar-refractivity contribution < 1.29 is 4.79 Å². The fraction of sp³-hybridized carbons (Fsp3) is 0.500. The molecule has 0 aliphatic carbocycles. The second kappa shape index (κ2) is 4.48. The van der Waals surface area contributed by atoms with E-state index in [1.807, 2.05) is 23.5 Å². The fourth-order valence-electron chi connectivity index (χ4n) is 1.13. The highest BCUT2D eigenvalue weighted by Gasteiger charge is 2.19. The van der Waals surface area contributed by atoms with Crippen LogP contribution in [-0.2, 0) is 0 Å². The summed E-state index contributed by atoms with van der Waals surface area (Å²) in [5.74, 6) is 3.58. The fourth-order valence-corrected chi connectivity index (χ4v) is 4.86. The first-order valence-corrected chi connectivity index (χ1v) is 7.02. The highest BCUT2D eigenvalue weighted by molar-refractivity contribution is 8.06. The molecule has 2 heterocycles. The smallest absolute Gasteiger partial charge is 0.161 e. The van der Waals surface area contributed by atoms with Gasteiger partial charge in [0.05, 0.1) is 10.1 Å². The largest absolute Gasteiger partial charge is 0.297 e. The third kappa shape index (κ3) is 2.27. The molecule has 0 saturated carbocycles. The second-order valence-corrected chi connectivity index (χ2v) is 6.21. The first-order valence-electron chi connectivity index (χ1n) is 4.00. The van der Waals surface area contributed by atoms with Crippen LogP contribution in [0.4, 0.5) is 0 Å². The van der Waals surface area contributed by atoms with E-state index in [4.69, 9.17) is 0 Å². The summed E-state index contributed by atoms with van der Waals surface area (Å²) in [6.45, 7) is 0. The van der Waals surface area contributed by atoms with Gasteiger partial charge in [-0.3, -0.25) is 4.79 Å². The van der Waals surface area contributed by atoms with Gasteiger partial charge in [-0.25, -0.2) is 4.98 Å². The lowest BCUT2D eigenvalue weighted by atomic mass is 10.5. The van der Waals surface area contributed by atoms with Crippen molar-refractivity contribution in [2.75, 3.05) is 17.3 Å². The molecule has 1 aromatic rings. The average molecular weight is 231 g/mol. The quantitative estimate of drug-likeness (QED) is 0.731. The zero-order valence-corrected chi connectivity index (χ0v) is 9.38. The SMILES string of the molecule is O=Cc1cnc(C2CSCCS2)s1. The lowest BCUT2D eigenvalue weighted by Crippen LogP contribution is -2.05. The number of thiazole rings is 1. The van der Waals surface area contributed by atoms with E-state index in [1.54, 1.807) is 6.20 Å². The van der Waals surface area contributed by atoms with Gasteiger partial charge in [-0.15, -0.1) is 23.1 Å². The van der Waals surface area contributed by atoms with Gasteiger partial charge in [0.1, 0.15) is 5.01 Å². The molecular weight excluding hydrogens is 222 g/mol. The van der Waals surface area contributed by atoms with Gasteiger partial charge in [-0.1, -0.05) is 0 Å². The molecule has 1 atom stereocenters. The van der Waals surface area contributed by atoms with Gasteiger partial charge in [-0.2, -0.15) is 11.8 Å². The Morgan fingerprint density at radius 2 is 2.46 bits per heavy atom. The summed E-state index contributed by atoms with van der Waals surface area (Å²) in [6, 6.07) is 0. The van der Waals surface area contributed by atoms with Crippen LogP contribution in [0.25, 0.3) is 0 Å². The van der Waals surface area contributed by atoms with Gasteiger partial charge in [0.15, 0.2) is 6.29 Å². The van der Waals surface area contributed by atoms with Crippen molar-refractivity contribution in [3.05, 3.63) is 16.1 Å². The third-order valence-corrected chi connectivity index (χ3v) is 5.70. The minimum absolute atomic E-state index is 0.512. The number of hydrogen-bond donors (Lipinski definition) is 0. The van der Waals surface area contributed by atoms with Gasteiger partial charge in [0.25, 0.3) is 0 Å². The maximum absolute atomic E-state index is 10.5. The molecule has 1 fully saturated rings. The Morgan fingerprint density at radius 1 is 1.54 bits per heavy atom. The van der Waals surface area contributed by atoms with Gasteiger partial charge in [0, 0.05) is 23.5 Å². The Balaban J connectivity index is 2.09. The molecule has 0 radical (unpaired) electrons. The lowest BCUT2D eigenvalue weighted by molar-refractivity contribution is 0.112. The van der Waals surface area contributed by atoms with Crippen molar-refractivity contribution >= 4 is 41.1 Å². The van der Waals surface area contributed by atoms with E-state index in [-0.39, 0.29) is 0 Å². The van der Waals surface area contributed by atoms with E-state index in [0.717, 1.165) is 21.9 Å². The summed E-state index contributed by atoms with van der Waals surface area (Å²) in [4.78, 5) is 15.5. The molecule has 5 heteroatoms. The summed E-state index contributed by atoms with van der Waals surface area (Å²) in [5, 5.41) is 1.62. The molecule has 1 aromatic heterocycles. The van der Waals surface area contributed by atoms with Crippen LogP contribution < -0.4 is 0 Å². The van der Waals surface area contributed by atoms with Crippen LogP contribution in [-0.4, -0.2) is 28.5 Å². The number of aromatic nitrogens is 1. The first kappa shape index (κ1) is 9.55. The van der Waals surface area contributed by atoms with Crippen molar-refractivity contribution in [3.8, 4) is 0 Å². The number of nitrogens with zero attached hydrogens (tertiary/aromatic N) is 1. The average Bonchev–Trinajstić information content (AvgIpc) is 2.67.